The number of hydrogen-bond acceptors (Lipinski definition) is 4. The van der Waals surface area contributed by atoms with E-state index in [2.05, 4.69) is 17.2 Å². The minimum Gasteiger partial charge on any atom is -0.397 e. The molecule has 4 rings (SSSR count). The van der Waals surface area contributed by atoms with Gasteiger partial charge in [-0.15, -0.1) is 11.3 Å². The van der Waals surface area contributed by atoms with Gasteiger partial charge in [-0.2, -0.15) is 0 Å². The maximum atomic E-state index is 12.4. The second kappa shape index (κ2) is 4.18. The van der Waals surface area contributed by atoms with Crippen molar-refractivity contribution in [2.75, 3.05) is 5.73 Å². The molecule has 3 N–H and O–H groups in total. The van der Waals surface area contributed by atoms with Gasteiger partial charge in [0.25, 0.3) is 5.91 Å². The molecule has 1 aliphatic rings. The predicted molar refractivity (Wildman–Crippen MR) is 86.6 cm³/mol. The Morgan fingerprint density at radius 1 is 1.33 bits per heavy atom. The summed E-state index contributed by atoms with van der Waals surface area (Å²) in [5, 5.41) is 4.98. The molecular formula is C16H15N3OS. The van der Waals surface area contributed by atoms with E-state index in [1.807, 2.05) is 24.3 Å². The number of pyridine rings is 1. The van der Waals surface area contributed by atoms with Crippen LogP contribution in [0.3, 0.4) is 0 Å². The van der Waals surface area contributed by atoms with Gasteiger partial charge >= 0.3 is 0 Å². The fraction of sp³-hybridized carbons (Fsp3) is 0.250. The van der Waals surface area contributed by atoms with E-state index in [-0.39, 0.29) is 11.4 Å². The Kier molecular flexibility index (Phi) is 2.50. The van der Waals surface area contributed by atoms with E-state index < -0.39 is 0 Å². The third-order valence-corrected chi connectivity index (χ3v) is 5.34. The summed E-state index contributed by atoms with van der Waals surface area (Å²) in [4.78, 5) is 17.4. The summed E-state index contributed by atoms with van der Waals surface area (Å²) in [7, 11) is 0. The maximum absolute atomic E-state index is 12.4. The smallest absolute Gasteiger partial charge is 0.263 e. The van der Waals surface area contributed by atoms with Gasteiger partial charge in [0, 0.05) is 27.2 Å². The molecule has 1 saturated carbocycles. The summed E-state index contributed by atoms with van der Waals surface area (Å²) in [6.07, 6.45) is 3.83. The highest BCUT2D eigenvalue weighted by atomic mass is 32.1. The summed E-state index contributed by atoms with van der Waals surface area (Å²) >= 11 is 1.45. The minimum atomic E-state index is -0.0715. The summed E-state index contributed by atoms with van der Waals surface area (Å²) < 4.78 is 1.03. The van der Waals surface area contributed by atoms with Crippen LogP contribution in [0.15, 0.2) is 30.5 Å². The molecular weight excluding hydrogens is 282 g/mol. The lowest BCUT2D eigenvalue weighted by Crippen LogP contribution is -2.34. The third kappa shape index (κ3) is 1.96. The van der Waals surface area contributed by atoms with E-state index in [0.29, 0.717) is 10.6 Å². The zero-order chi connectivity index (χ0) is 14.6. The molecule has 3 aromatic rings. The molecule has 0 radical (unpaired) electrons. The average molecular weight is 297 g/mol. The number of aromatic nitrogens is 1. The number of carbonyl (C=O) groups is 1. The van der Waals surface area contributed by atoms with Crippen LogP contribution in [0.5, 0.6) is 0 Å². The summed E-state index contributed by atoms with van der Waals surface area (Å²) in [6, 6.07) is 7.92. The highest BCUT2D eigenvalue weighted by molar-refractivity contribution is 7.22. The third-order valence-electron chi connectivity index (χ3n) is 4.09. The van der Waals surface area contributed by atoms with Crippen molar-refractivity contribution in [1.82, 2.24) is 10.3 Å². The zero-order valence-electron chi connectivity index (χ0n) is 11.6. The molecule has 0 atom stereocenters. The molecule has 1 aromatic carbocycles. The van der Waals surface area contributed by atoms with Crippen LogP contribution in [0.4, 0.5) is 5.69 Å². The lowest BCUT2D eigenvalue weighted by molar-refractivity contribution is 0.0940. The van der Waals surface area contributed by atoms with Crippen molar-refractivity contribution >= 4 is 43.9 Å². The standard InChI is InChI=1S/C16H15N3OS/c1-16(6-7-16)19-15(20)14-12(17)10-8-18-11-5-3-2-4-9(11)13(10)21-14/h2-5,8H,6-7,17H2,1H3,(H,19,20). The molecule has 0 aliphatic heterocycles. The number of nitrogens with two attached hydrogens (primary N) is 1. The van der Waals surface area contributed by atoms with Crippen molar-refractivity contribution in [2.45, 2.75) is 25.3 Å². The zero-order valence-corrected chi connectivity index (χ0v) is 12.5. The number of nitrogen functional groups attached to an aromatic ring is 1. The largest absolute Gasteiger partial charge is 0.397 e. The highest BCUT2D eigenvalue weighted by Gasteiger charge is 2.39. The van der Waals surface area contributed by atoms with Crippen LogP contribution >= 0.6 is 11.3 Å². The SMILES string of the molecule is CC1(NC(=O)c2sc3c(cnc4ccccc43)c2N)CC1. The molecule has 0 unspecified atom stereocenters. The van der Waals surface area contributed by atoms with E-state index in [4.69, 9.17) is 5.73 Å². The molecule has 1 fully saturated rings. The number of amides is 1. The summed E-state index contributed by atoms with van der Waals surface area (Å²) in [5.41, 5.74) is 7.60. The van der Waals surface area contributed by atoms with Crippen molar-refractivity contribution in [3.8, 4) is 0 Å². The van der Waals surface area contributed by atoms with Gasteiger partial charge in [0.1, 0.15) is 4.88 Å². The number of para-hydroxylation sites is 1. The Balaban J connectivity index is 1.88. The van der Waals surface area contributed by atoms with E-state index in [9.17, 15) is 4.79 Å². The first kappa shape index (κ1) is 12.6. The molecule has 2 aromatic heterocycles. The average Bonchev–Trinajstić information content (AvgIpc) is 3.09. The van der Waals surface area contributed by atoms with Gasteiger partial charge in [-0.25, -0.2) is 0 Å². The molecule has 5 heteroatoms. The lowest BCUT2D eigenvalue weighted by atomic mass is 10.1. The maximum Gasteiger partial charge on any atom is 0.263 e. The van der Waals surface area contributed by atoms with Gasteiger partial charge in [0.05, 0.1) is 11.2 Å². The normalized spacial score (nSPS) is 16.2. The van der Waals surface area contributed by atoms with Crippen LogP contribution in [-0.4, -0.2) is 16.4 Å². The number of thiophene rings is 1. The topological polar surface area (TPSA) is 68.0 Å². The number of anilines is 1. The van der Waals surface area contributed by atoms with E-state index in [1.54, 1.807) is 6.20 Å². The van der Waals surface area contributed by atoms with Crippen LogP contribution in [0.1, 0.15) is 29.4 Å². The number of fused-ring (bicyclic) bond motifs is 3. The molecule has 106 valence electrons. The number of carbonyl (C=O) groups excluding carboxylic acids is 1. The van der Waals surface area contributed by atoms with Crippen LogP contribution < -0.4 is 11.1 Å². The van der Waals surface area contributed by atoms with Gasteiger partial charge in [-0.1, -0.05) is 18.2 Å². The van der Waals surface area contributed by atoms with Crippen LogP contribution in [0.2, 0.25) is 0 Å². The predicted octanol–water partition coefficient (Wildman–Crippen LogP) is 3.31. The Morgan fingerprint density at radius 2 is 2.10 bits per heavy atom. The van der Waals surface area contributed by atoms with Crippen molar-refractivity contribution in [3.63, 3.8) is 0 Å². The van der Waals surface area contributed by atoms with E-state index >= 15 is 0 Å². The molecule has 1 aliphatic carbocycles. The summed E-state index contributed by atoms with van der Waals surface area (Å²) in [6.45, 7) is 2.06. The number of rotatable bonds is 2. The first-order chi connectivity index (χ1) is 10.1. The number of benzene rings is 1. The second-order valence-corrected chi connectivity index (χ2v) is 6.90. The minimum absolute atomic E-state index is 0.0417. The van der Waals surface area contributed by atoms with Gasteiger partial charge in [0.2, 0.25) is 0 Å². The summed E-state index contributed by atoms with van der Waals surface area (Å²) in [5.74, 6) is -0.0715. The van der Waals surface area contributed by atoms with E-state index in [0.717, 1.165) is 33.8 Å². The van der Waals surface area contributed by atoms with Crippen LogP contribution in [-0.2, 0) is 0 Å². The lowest BCUT2D eigenvalue weighted by Gasteiger charge is -2.10. The number of nitrogens with zero attached hydrogens (tertiary/aromatic N) is 1. The van der Waals surface area contributed by atoms with Gasteiger partial charge < -0.3 is 11.1 Å². The second-order valence-electron chi connectivity index (χ2n) is 5.88. The van der Waals surface area contributed by atoms with Gasteiger partial charge in [-0.05, 0) is 25.8 Å². The molecule has 2 heterocycles. The molecule has 0 spiro atoms. The first-order valence-electron chi connectivity index (χ1n) is 6.96. The van der Waals surface area contributed by atoms with E-state index in [1.165, 1.54) is 11.3 Å². The monoisotopic (exact) mass is 297 g/mol. The van der Waals surface area contributed by atoms with Crippen molar-refractivity contribution in [3.05, 3.63) is 35.3 Å². The van der Waals surface area contributed by atoms with Crippen molar-refractivity contribution in [1.29, 1.82) is 0 Å². The fourth-order valence-electron chi connectivity index (χ4n) is 2.51. The molecule has 0 bridgehead atoms. The fourth-order valence-corrected chi connectivity index (χ4v) is 3.63. The Labute approximate surface area is 126 Å². The Hall–Kier alpha value is -2.14. The Bertz CT molecular complexity index is 880. The number of nitrogens with one attached hydrogen (secondary N) is 1. The highest BCUT2D eigenvalue weighted by Crippen LogP contribution is 2.39. The van der Waals surface area contributed by atoms with Crippen LogP contribution in [0.25, 0.3) is 21.0 Å². The van der Waals surface area contributed by atoms with Crippen molar-refractivity contribution in [2.24, 2.45) is 0 Å². The van der Waals surface area contributed by atoms with Gasteiger partial charge in [-0.3, -0.25) is 9.78 Å². The number of hydrogen-bond donors (Lipinski definition) is 2. The molecule has 1 amide bonds. The molecule has 21 heavy (non-hydrogen) atoms. The van der Waals surface area contributed by atoms with Crippen molar-refractivity contribution < 1.29 is 4.79 Å². The van der Waals surface area contributed by atoms with Gasteiger partial charge in [0.15, 0.2) is 0 Å². The quantitative estimate of drug-likeness (QED) is 0.762. The first-order valence-corrected chi connectivity index (χ1v) is 7.77. The Morgan fingerprint density at radius 3 is 2.86 bits per heavy atom. The van der Waals surface area contributed by atoms with Crippen LogP contribution in [0, 0.1) is 0 Å². The molecule has 0 saturated heterocycles. The molecule has 4 nitrogen and oxygen atoms in total.